The van der Waals surface area contributed by atoms with Crippen LogP contribution < -0.4 is 5.32 Å². The molecule has 1 amide bonds. The van der Waals surface area contributed by atoms with Gasteiger partial charge in [0.15, 0.2) is 0 Å². The van der Waals surface area contributed by atoms with Crippen LogP contribution in [0, 0.1) is 5.82 Å². The van der Waals surface area contributed by atoms with Crippen LogP contribution in [0.25, 0.3) is 0 Å². The van der Waals surface area contributed by atoms with Crippen LogP contribution in [0.3, 0.4) is 0 Å². The highest BCUT2D eigenvalue weighted by atomic mass is 79.9. The van der Waals surface area contributed by atoms with Gasteiger partial charge in [-0.2, -0.15) is 0 Å². The summed E-state index contributed by atoms with van der Waals surface area (Å²) in [5, 5.41) is 4.74. The fraction of sp³-hybridized carbons (Fsp3) is 0.125. The van der Waals surface area contributed by atoms with Gasteiger partial charge in [0, 0.05) is 24.8 Å². The Morgan fingerprint density at radius 2 is 2.13 bits per heavy atom. The second kappa shape index (κ2) is 6.64. The number of nitrogens with zero attached hydrogens (tertiary/aromatic N) is 2. The van der Waals surface area contributed by atoms with E-state index in [4.69, 9.17) is 0 Å². The maximum atomic E-state index is 13.2. The van der Waals surface area contributed by atoms with Crippen molar-refractivity contribution < 1.29 is 9.18 Å². The Bertz CT molecular complexity index is 828. The molecule has 1 atom stereocenters. The van der Waals surface area contributed by atoms with Gasteiger partial charge in [0.05, 0.1) is 9.35 Å². The summed E-state index contributed by atoms with van der Waals surface area (Å²) in [7, 11) is 1.85. The van der Waals surface area contributed by atoms with E-state index in [0.717, 1.165) is 9.35 Å². The van der Waals surface area contributed by atoms with Gasteiger partial charge in [-0.05, 0) is 39.7 Å². The lowest BCUT2D eigenvalue weighted by atomic mass is 10.1. The largest absolute Gasteiger partial charge is 0.338 e. The van der Waals surface area contributed by atoms with E-state index in [2.05, 4.69) is 26.2 Å². The molecule has 1 unspecified atom stereocenters. The maximum absolute atomic E-state index is 13.2. The lowest BCUT2D eigenvalue weighted by Crippen LogP contribution is -2.30. The van der Waals surface area contributed by atoms with Crippen LogP contribution in [-0.2, 0) is 7.05 Å². The Kier molecular flexibility index (Phi) is 4.58. The molecule has 0 bridgehead atoms. The Morgan fingerprint density at radius 3 is 2.70 bits per heavy atom. The van der Waals surface area contributed by atoms with Crippen LogP contribution in [-0.4, -0.2) is 15.5 Å². The summed E-state index contributed by atoms with van der Waals surface area (Å²) in [6.07, 6.45) is 3.47. The molecule has 7 heteroatoms. The van der Waals surface area contributed by atoms with E-state index in [0.29, 0.717) is 11.4 Å². The van der Waals surface area contributed by atoms with Gasteiger partial charge in [0.25, 0.3) is 5.91 Å². The lowest BCUT2D eigenvalue weighted by molar-refractivity contribution is 0.0941. The minimum absolute atomic E-state index is 0.204. The SMILES string of the molecule is Cn1ccnc1C(NC(=O)c1csc(Br)c1)c1ccc(F)cc1. The smallest absolute Gasteiger partial charge is 0.253 e. The van der Waals surface area contributed by atoms with Crippen molar-refractivity contribution >= 4 is 33.2 Å². The van der Waals surface area contributed by atoms with Gasteiger partial charge in [0.2, 0.25) is 0 Å². The summed E-state index contributed by atoms with van der Waals surface area (Å²) < 4.78 is 15.9. The molecule has 118 valence electrons. The Labute approximate surface area is 145 Å². The number of carbonyl (C=O) groups is 1. The van der Waals surface area contributed by atoms with Gasteiger partial charge in [-0.3, -0.25) is 4.79 Å². The number of thiophene rings is 1. The molecule has 4 nitrogen and oxygen atoms in total. The van der Waals surface area contributed by atoms with Gasteiger partial charge in [0.1, 0.15) is 17.7 Å². The molecule has 0 aliphatic heterocycles. The van der Waals surface area contributed by atoms with Crippen molar-refractivity contribution in [3.05, 3.63) is 74.7 Å². The molecule has 0 aliphatic rings. The molecule has 3 rings (SSSR count). The summed E-state index contributed by atoms with van der Waals surface area (Å²) in [6, 6.07) is 7.36. The first kappa shape index (κ1) is 15.9. The third-order valence-corrected chi connectivity index (χ3v) is 4.93. The first-order valence-corrected chi connectivity index (χ1v) is 8.49. The van der Waals surface area contributed by atoms with Gasteiger partial charge in [-0.1, -0.05) is 12.1 Å². The molecule has 1 aromatic carbocycles. The van der Waals surface area contributed by atoms with Crippen LogP contribution in [0.4, 0.5) is 4.39 Å². The molecule has 0 radical (unpaired) electrons. The van der Waals surface area contributed by atoms with Gasteiger partial charge >= 0.3 is 0 Å². The van der Waals surface area contributed by atoms with E-state index >= 15 is 0 Å². The second-order valence-electron chi connectivity index (χ2n) is 4.99. The highest BCUT2D eigenvalue weighted by Crippen LogP contribution is 2.24. The molecule has 0 fully saturated rings. The standard InChI is InChI=1S/C16H13BrFN3OS/c1-21-7-6-19-15(21)14(10-2-4-12(18)5-3-10)20-16(22)11-8-13(17)23-9-11/h2-9,14H,1H3,(H,20,22). The van der Waals surface area contributed by atoms with Gasteiger partial charge in [-0.15, -0.1) is 11.3 Å². The number of rotatable bonds is 4. The van der Waals surface area contributed by atoms with E-state index in [1.165, 1.54) is 23.5 Å². The van der Waals surface area contributed by atoms with Gasteiger partial charge < -0.3 is 9.88 Å². The highest BCUT2D eigenvalue weighted by Gasteiger charge is 2.22. The van der Waals surface area contributed by atoms with Crippen LogP contribution in [0.5, 0.6) is 0 Å². The second-order valence-corrected chi connectivity index (χ2v) is 7.28. The van der Waals surface area contributed by atoms with Crippen molar-refractivity contribution in [3.63, 3.8) is 0 Å². The molecule has 0 saturated carbocycles. The first-order valence-electron chi connectivity index (χ1n) is 6.82. The monoisotopic (exact) mass is 393 g/mol. The fourth-order valence-electron chi connectivity index (χ4n) is 2.25. The van der Waals surface area contributed by atoms with Crippen LogP contribution in [0.15, 0.2) is 51.9 Å². The van der Waals surface area contributed by atoms with Crippen LogP contribution in [0.2, 0.25) is 0 Å². The predicted octanol–water partition coefficient (Wildman–Crippen LogP) is 3.90. The molecule has 23 heavy (non-hydrogen) atoms. The molecular formula is C16H13BrFN3OS. The summed E-state index contributed by atoms with van der Waals surface area (Å²) in [6.45, 7) is 0. The van der Waals surface area contributed by atoms with Crippen LogP contribution in [0.1, 0.15) is 27.8 Å². The van der Waals surface area contributed by atoms with Crippen molar-refractivity contribution in [3.8, 4) is 0 Å². The van der Waals surface area contributed by atoms with E-state index < -0.39 is 6.04 Å². The molecule has 1 N–H and O–H groups in total. The number of aryl methyl sites for hydroxylation is 1. The summed E-state index contributed by atoms with van der Waals surface area (Å²) in [4.78, 5) is 16.8. The van der Waals surface area contributed by atoms with Crippen molar-refractivity contribution in [2.75, 3.05) is 0 Å². The molecule has 0 aliphatic carbocycles. The van der Waals surface area contributed by atoms with E-state index in [9.17, 15) is 9.18 Å². The normalized spacial score (nSPS) is 12.1. The van der Waals surface area contributed by atoms with Crippen molar-refractivity contribution in [1.82, 2.24) is 14.9 Å². The number of amides is 1. The molecule has 2 aromatic heterocycles. The number of hydrogen-bond acceptors (Lipinski definition) is 3. The molecule has 2 heterocycles. The topological polar surface area (TPSA) is 46.9 Å². The average molecular weight is 394 g/mol. The van der Waals surface area contributed by atoms with Crippen LogP contribution >= 0.6 is 27.3 Å². The molecule has 0 saturated heterocycles. The Balaban J connectivity index is 1.94. The van der Waals surface area contributed by atoms with E-state index in [1.54, 1.807) is 36.0 Å². The number of aromatic nitrogens is 2. The van der Waals surface area contributed by atoms with Gasteiger partial charge in [-0.25, -0.2) is 9.37 Å². The number of carbonyl (C=O) groups excluding carboxylic acids is 1. The number of halogens is 2. The quantitative estimate of drug-likeness (QED) is 0.730. The summed E-state index contributed by atoms with van der Waals surface area (Å²) >= 11 is 4.79. The lowest BCUT2D eigenvalue weighted by Gasteiger charge is -2.19. The zero-order valence-corrected chi connectivity index (χ0v) is 14.6. The zero-order valence-electron chi connectivity index (χ0n) is 12.2. The highest BCUT2D eigenvalue weighted by molar-refractivity contribution is 9.11. The molecular weight excluding hydrogens is 381 g/mol. The molecule has 3 aromatic rings. The number of nitrogens with one attached hydrogen (secondary N) is 1. The third kappa shape index (κ3) is 3.51. The Hall–Kier alpha value is -1.99. The van der Waals surface area contributed by atoms with E-state index in [-0.39, 0.29) is 11.7 Å². The fourth-order valence-corrected chi connectivity index (χ4v) is 3.39. The Morgan fingerprint density at radius 1 is 1.39 bits per heavy atom. The minimum Gasteiger partial charge on any atom is -0.338 e. The number of benzene rings is 1. The minimum atomic E-state index is -0.457. The maximum Gasteiger partial charge on any atom is 0.253 e. The summed E-state index contributed by atoms with van der Waals surface area (Å²) in [5.41, 5.74) is 1.34. The third-order valence-electron chi connectivity index (χ3n) is 3.43. The van der Waals surface area contributed by atoms with Crippen molar-refractivity contribution in [2.45, 2.75) is 6.04 Å². The molecule has 0 spiro atoms. The summed E-state index contributed by atoms with van der Waals surface area (Å²) in [5.74, 6) is 0.156. The van der Waals surface area contributed by atoms with Crippen molar-refractivity contribution in [1.29, 1.82) is 0 Å². The van der Waals surface area contributed by atoms with Crippen molar-refractivity contribution in [2.24, 2.45) is 7.05 Å². The number of imidazole rings is 1. The predicted molar refractivity (Wildman–Crippen MR) is 90.9 cm³/mol. The first-order chi connectivity index (χ1) is 11.0. The number of hydrogen-bond donors (Lipinski definition) is 1. The zero-order chi connectivity index (χ0) is 16.4. The van der Waals surface area contributed by atoms with E-state index in [1.807, 2.05) is 11.6 Å². The average Bonchev–Trinajstić information content (AvgIpc) is 3.14.